The van der Waals surface area contributed by atoms with Gasteiger partial charge in [0, 0.05) is 17.7 Å². The van der Waals surface area contributed by atoms with Crippen LogP contribution in [0.4, 0.5) is 0 Å². The molecule has 8 heteroatoms. The van der Waals surface area contributed by atoms with Crippen LogP contribution in [0.5, 0.6) is 5.75 Å². The largest absolute Gasteiger partial charge is 0.489 e. The predicted molar refractivity (Wildman–Crippen MR) is 120 cm³/mol. The SMILES string of the molecule is CCN(C)Cc1cc(C)cc(-c2nc(-c3cc(C)c(OC[C@@H](O)CO)c(Cl)c3)no2)c1. The maximum Gasteiger partial charge on any atom is 0.258 e. The van der Waals surface area contributed by atoms with Gasteiger partial charge in [-0.25, -0.2) is 0 Å². The lowest BCUT2D eigenvalue weighted by atomic mass is 10.1. The van der Waals surface area contributed by atoms with Crippen molar-refractivity contribution >= 4 is 11.6 Å². The first-order valence-electron chi connectivity index (χ1n) is 10.2. The van der Waals surface area contributed by atoms with Crippen molar-refractivity contribution in [2.75, 3.05) is 26.8 Å². The van der Waals surface area contributed by atoms with E-state index in [1.54, 1.807) is 6.07 Å². The van der Waals surface area contributed by atoms with E-state index < -0.39 is 6.10 Å². The zero-order valence-corrected chi connectivity index (χ0v) is 19.0. The Bertz CT molecular complexity index is 1010. The Hall–Kier alpha value is -2.45. The highest BCUT2D eigenvalue weighted by Gasteiger charge is 2.16. The van der Waals surface area contributed by atoms with E-state index in [0.29, 0.717) is 28.1 Å². The lowest BCUT2D eigenvalue weighted by molar-refractivity contribution is 0.0534. The minimum absolute atomic E-state index is 0.0499. The monoisotopic (exact) mass is 445 g/mol. The smallest absolute Gasteiger partial charge is 0.258 e. The Kier molecular flexibility index (Phi) is 7.67. The van der Waals surface area contributed by atoms with E-state index in [1.165, 1.54) is 5.56 Å². The van der Waals surface area contributed by atoms with Gasteiger partial charge in [0.1, 0.15) is 18.5 Å². The van der Waals surface area contributed by atoms with Crippen LogP contribution in [-0.2, 0) is 6.54 Å². The Morgan fingerprint density at radius 3 is 2.61 bits per heavy atom. The third-order valence-electron chi connectivity index (χ3n) is 4.92. The number of rotatable bonds is 9. The van der Waals surface area contributed by atoms with E-state index in [2.05, 4.69) is 41.1 Å². The summed E-state index contributed by atoms with van der Waals surface area (Å²) in [5, 5.41) is 22.9. The van der Waals surface area contributed by atoms with Crippen LogP contribution < -0.4 is 4.74 Å². The average molecular weight is 446 g/mol. The predicted octanol–water partition coefficient (Wildman–Crippen LogP) is 3.86. The first kappa shape index (κ1) is 23.2. The summed E-state index contributed by atoms with van der Waals surface area (Å²) in [4.78, 5) is 6.80. The second-order valence-electron chi connectivity index (χ2n) is 7.71. The highest BCUT2D eigenvalue weighted by atomic mass is 35.5. The molecule has 31 heavy (non-hydrogen) atoms. The molecule has 2 aromatic carbocycles. The van der Waals surface area contributed by atoms with Crippen LogP contribution in [0.25, 0.3) is 22.8 Å². The van der Waals surface area contributed by atoms with Gasteiger partial charge in [-0.1, -0.05) is 35.3 Å². The number of aliphatic hydroxyl groups is 2. The Labute approximate surface area is 187 Å². The molecule has 0 saturated heterocycles. The summed E-state index contributed by atoms with van der Waals surface area (Å²) in [6.45, 7) is 7.39. The van der Waals surface area contributed by atoms with Gasteiger partial charge in [-0.15, -0.1) is 0 Å². The minimum atomic E-state index is -0.966. The van der Waals surface area contributed by atoms with Gasteiger partial charge >= 0.3 is 0 Å². The Morgan fingerprint density at radius 2 is 1.94 bits per heavy atom. The number of aryl methyl sites for hydroxylation is 2. The van der Waals surface area contributed by atoms with Crippen molar-refractivity contribution in [1.82, 2.24) is 15.0 Å². The number of aliphatic hydroxyl groups excluding tert-OH is 2. The molecule has 0 spiro atoms. The maximum atomic E-state index is 9.49. The minimum Gasteiger partial charge on any atom is -0.489 e. The quantitative estimate of drug-likeness (QED) is 0.516. The van der Waals surface area contributed by atoms with Crippen LogP contribution in [0.2, 0.25) is 5.02 Å². The van der Waals surface area contributed by atoms with Gasteiger partial charge in [-0.2, -0.15) is 4.98 Å². The van der Waals surface area contributed by atoms with Crippen LogP contribution in [-0.4, -0.2) is 58.2 Å². The molecule has 0 unspecified atom stereocenters. The molecule has 1 heterocycles. The second-order valence-corrected chi connectivity index (χ2v) is 8.12. The summed E-state index contributed by atoms with van der Waals surface area (Å²) in [6, 6.07) is 9.79. The molecule has 166 valence electrons. The molecule has 0 fully saturated rings. The van der Waals surface area contributed by atoms with Crippen molar-refractivity contribution in [3.8, 4) is 28.6 Å². The molecule has 7 nitrogen and oxygen atoms in total. The Morgan fingerprint density at radius 1 is 1.16 bits per heavy atom. The van der Waals surface area contributed by atoms with Crippen LogP contribution >= 0.6 is 11.6 Å². The van der Waals surface area contributed by atoms with Gasteiger partial charge < -0.3 is 24.4 Å². The molecule has 0 amide bonds. The molecule has 2 N–H and O–H groups in total. The highest BCUT2D eigenvalue weighted by Crippen LogP contribution is 2.34. The molecule has 1 atom stereocenters. The lowest BCUT2D eigenvalue weighted by Crippen LogP contribution is -2.21. The molecular weight excluding hydrogens is 418 g/mol. The van der Waals surface area contributed by atoms with E-state index in [1.807, 2.05) is 26.0 Å². The van der Waals surface area contributed by atoms with E-state index in [9.17, 15) is 5.11 Å². The van der Waals surface area contributed by atoms with Gasteiger partial charge in [-0.05, 0) is 62.8 Å². The second kappa shape index (κ2) is 10.2. The standard InChI is InChI=1S/C23H28ClN3O4/c1-5-27(4)11-16-6-14(2)7-18(9-16)23-25-22(26-31-23)17-8-15(3)21(20(24)10-17)30-13-19(29)12-28/h6-10,19,28-29H,5,11-13H2,1-4H3/t19-/m0/s1. The maximum absolute atomic E-state index is 9.49. The molecular formula is C23H28ClN3O4. The van der Waals surface area contributed by atoms with E-state index in [4.69, 9.17) is 26.0 Å². The number of ether oxygens (including phenoxy) is 1. The molecule has 0 saturated carbocycles. The van der Waals surface area contributed by atoms with Crippen molar-refractivity contribution < 1.29 is 19.5 Å². The first-order valence-corrected chi connectivity index (χ1v) is 10.5. The van der Waals surface area contributed by atoms with Crippen LogP contribution in [0.15, 0.2) is 34.9 Å². The summed E-state index contributed by atoms with van der Waals surface area (Å²) in [5.74, 6) is 1.32. The van der Waals surface area contributed by atoms with Gasteiger partial charge in [0.25, 0.3) is 5.89 Å². The molecule has 3 rings (SSSR count). The van der Waals surface area contributed by atoms with Crippen molar-refractivity contribution in [1.29, 1.82) is 0 Å². The molecule has 0 aliphatic carbocycles. The Balaban J connectivity index is 1.86. The highest BCUT2D eigenvalue weighted by molar-refractivity contribution is 6.32. The van der Waals surface area contributed by atoms with E-state index in [0.717, 1.165) is 29.8 Å². The molecule has 3 aromatic rings. The summed E-state index contributed by atoms with van der Waals surface area (Å²) >= 11 is 6.38. The number of hydrogen-bond donors (Lipinski definition) is 2. The topological polar surface area (TPSA) is 91.9 Å². The lowest BCUT2D eigenvalue weighted by Gasteiger charge is -2.14. The number of benzene rings is 2. The number of aromatic nitrogens is 2. The number of halogens is 1. The van der Waals surface area contributed by atoms with Gasteiger partial charge in [0.15, 0.2) is 0 Å². The summed E-state index contributed by atoms with van der Waals surface area (Å²) in [5.41, 5.74) is 4.65. The fourth-order valence-corrected chi connectivity index (χ4v) is 3.55. The van der Waals surface area contributed by atoms with Crippen molar-refractivity contribution in [3.63, 3.8) is 0 Å². The average Bonchev–Trinajstić information content (AvgIpc) is 3.22. The summed E-state index contributed by atoms with van der Waals surface area (Å²) < 4.78 is 11.1. The van der Waals surface area contributed by atoms with E-state index in [-0.39, 0.29) is 13.2 Å². The molecule has 0 aliphatic rings. The van der Waals surface area contributed by atoms with Crippen molar-refractivity contribution in [2.45, 2.75) is 33.4 Å². The molecule has 0 aliphatic heterocycles. The first-order chi connectivity index (χ1) is 14.8. The summed E-state index contributed by atoms with van der Waals surface area (Å²) in [6.07, 6.45) is -0.966. The van der Waals surface area contributed by atoms with Crippen molar-refractivity contribution in [2.24, 2.45) is 0 Å². The number of hydrogen-bond acceptors (Lipinski definition) is 7. The van der Waals surface area contributed by atoms with Gasteiger partial charge in [-0.3, -0.25) is 0 Å². The third-order valence-corrected chi connectivity index (χ3v) is 5.20. The number of nitrogens with zero attached hydrogens (tertiary/aromatic N) is 3. The normalized spacial score (nSPS) is 12.4. The zero-order valence-electron chi connectivity index (χ0n) is 18.2. The van der Waals surface area contributed by atoms with Crippen LogP contribution in [0.3, 0.4) is 0 Å². The molecule has 1 aromatic heterocycles. The van der Waals surface area contributed by atoms with Crippen LogP contribution in [0.1, 0.15) is 23.6 Å². The summed E-state index contributed by atoms with van der Waals surface area (Å²) in [7, 11) is 2.08. The zero-order chi connectivity index (χ0) is 22.5. The fourth-order valence-electron chi connectivity index (χ4n) is 3.23. The van der Waals surface area contributed by atoms with E-state index >= 15 is 0 Å². The fraction of sp³-hybridized carbons (Fsp3) is 0.391. The molecule has 0 radical (unpaired) electrons. The third kappa shape index (κ3) is 5.83. The van der Waals surface area contributed by atoms with Crippen LogP contribution in [0, 0.1) is 13.8 Å². The van der Waals surface area contributed by atoms with Crippen molar-refractivity contribution in [3.05, 3.63) is 52.0 Å². The van der Waals surface area contributed by atoms with Gasteiger partial charge in [0.05, 0.1) is 11.6 Å². The van der Waals surface area contributed by atoms with Gasteiger partial charge in [0.2, 0.25) is 5.82 Å². The molecule has 0 bridgehead atoms.